The Morgan fingerprint density at radius 1 is 1.19 bits per heavy atom. The third-order valence-electron chi connectivity index (χ3n) is 6.61. The molecular formula is C22H22N2O8. The molecule has 4 rings (SSSR count). The second kappa shape index (κ2) is 6.76. The number of phenols is 1. The van der Waals surface area contributed by atoms with Gasteiger partial charge in [-0.1, -0.05) is 18.7 Å². The van der Waals surface area contributed by atoms with Crippen LogP contribution in [0.15, 0.2) is 47.4 Å². The Morgan fingerprint density at radius 3 is 2.38 bits per heavy atom. The van der Waals surface area contributed by atoms with E-state index in [2.05, 4.69) is 6.58 Å². The van der Waals surface area contributed by atoms with E-state index in [-0.39, 0.29) is 16.7 Å². The van der Waals surface area contributed by atoms with Crippen LogP contribution < -0.4 is 5.73 Å². The number of aromatic hydroxyl groups is 1. The third-order valence-corrected chi connectivity index (χ3v) is 6.61. The first-order valence-electron chi connectivity index (χ1n) is 9.71. The lowest BCUT2D eigenvalue weighted by atomic mass is 9.56. The van der Waals surface area contributed by atoms with Crippen molar-refractivity contribution in [3.05, 3.63) is 58.6 Å². The number of carbonyl (C=O) groups is 3. The first-order chi connectivity index (χ1) is 14.9. The van der Waals surface area contributed by atoms with Gasteiger partial charge in [0.1, 0.15) is 22.8 Å². The van der Waals surface area contributed by atoms with Crippen LogP contribution in [0.3, 0.4) is 0 Å². The number of aliphatic hydroxyl groups excluding tert-OH is 3. The molecule has 0 saturated carbocycles. The molecule has 0 aromatic heterocycles. The van der Waals surface area contributed by atoms with Gasteiger partial charge in [-0.2, -0.15) is 0 Å². The van der Waals surface area contributed by atoms with Crippen molar-refractivity contribution in [1.82, 2.24) is 4.90 Å². The van der Waals surface area contributed by atoms with Gasteiger partial charge in [-0.05, 0) is 31.3 Å². The second-order valence-corrected chi connectivity index (χ2v) is 8.44. The molecule has 3 aliphatic carbocycles. The zero-order valence-corrected chi connectivity index (χ0v) is 17.2. The monoisotopic (exact) mass is 442 g/mol. The molecule has 7 N–H and O–H groups in total. The van der Waals surface area contributed by atoms with E-state index in [9.17, 15) is 39.9 Å². The lowest BCUT2D eigenvalue weighted by Gasteiger charge is -2.52. The molecule has 0 spiro atoms. The number of fused-ring (bicyclic) bond motifs is 3. The van der Waals surface area contributed by atoms with Crippen molar-refractivity contribution < 1.29 is 39.9 Å². The standard InChI is InChI=1S/C22H22N2O8/c1-7-8-5-4-6-9(25)11(8)16(26)12-10(7)17(27)14-15(24(2)3)18(28)13(21(23)31)20(30)22(14,32)19(12)29/h4-6,10,14-15,17,25,27-29,32H,1H2,2-3H3,(H2,23,31)/t10-,14-,15-,17+,22+/m1/s1. The Morgan fingerprint density at radius 2 is 1.81 bits per heavy atom. The highest BCUT2D eigenvalue weighted by Crippen LogP contribution is 2.54. The van der Waals surface area contributed by atoms with Crippen molar-refractivity contribution >= 4 is 23.0 Å². The number of benzene rings is 1. The van der Waals surface area contributed by atoms with Gasteiger partial charge in [-0.15, -0.1) is 0 Å². The minimum Gasteiger partial charge on any atom is -0.510 e. The average molecular weight is 442 g/mol. The fraction of sp³-hybridized carbons (Fsp3) is 0.318. The molecule has 1 aromatic rings. The normalized spacial score (nSPS) is 32.1. The van der Waals surface area contributed by atoms with Crippen LogP contribution in [0.5, 0.6) is 5.75 Å². The van der Waals surface area contributed by atoms with E-state index in [0.717, 1.165) is 0 Å². The van der Waals surface area contributed by atoms with Crippen LogP contribution in [0, 0.1) is 11.8 Å². The Labute approximate surface area is 182 Å². The molecule has 0 fully saturated rings. The topological polar surface area (TPSA) is 182 Å². The summed E-state index contributed by atoms with van der Waals surface area (Å²) in [5.74, 6) is -8.77. The van der Waals surface area contributed by atoms with Crippen LogP contribution in [0.25, 0.3) is 5.57 Å². The quantitative estimate of drug-likeness (QED) is 0.331. The summed E-state index contributed by atoms with van der Waals surface area (Å²) in [6, 6.07) is 2.92. The third kappa shape index (κ3) is 2.42. The van der Waals surface area contributed by atoms with Gasteiger partial charge in [0.05, 0.1) is 29.2 Å². The predicted molar refractivity (Wildman–Crippen MR) is 110 cm³/mol. The van der Waals surface area contributed by atoms with E-state index in [1.807, 2.05) is 0 Å². The molecule has 0 unspecified atom stereocenters. The maximum atomic E-state index is 13.3. The zero-order valence-electron chi connectivity index (χ0n) is 17.2. The average Bonchev–Trinajstić information content (AvgIpc) is 2.70. The maximum absolute atomic E-state index is 13.3. The van der Waals surface area contributed by atoms with Crippen molar-refractivity contribution in [1.29, 1.82) is 0 Å². The summed E-state index contributed by atoms with van der Waals surface area (Å²) in [7, 11) is 2.93. The van der Waals surface area contributed by atoms with Crippen molar-refractivity contribution in [2.24, 2.45) is 17.6 Å². The number of likely N-dealkylation sites (N-methyl/N-ethyl adjacent to an activating group) is 1. The minimum atomic E-state index is -2.94. The highest BCUT2D eigenvalue weighted by molar-refractivity contribution is 6.25. The molecule has 3 aliphatic rings. The zero-order chi connectivity index (χ0) is 23.9. The van der Waals surface area contributed by atoms with Crippen LogP contribution in [0.1, 0.15) is 15.9 Å². The first kappa shape index (κ1) is 21.8. The molecule has 1 amide bonds. The van der Waals surface area contributed by atoms with E-state index in [1.54, 1.807) is 0 Å². The van der Waals surface area contributed by atoms with E-state index >= 15 is 0 Å². The van der Waals surface area contributed by atoms with Gasteiger partial charge in [-0.25, -0.2) is 0 Å². The van der Waals surface area contributed by atoms with E-state index in [0.29, 0.717) is 0 Å². The number of phenolic OH excluding ortho intramolecular Hbond substituents is 1. The van der Waals surface area contributed by atoms with Crippen LogP contribution in [0.4, 0.5) is 0 Å². The van der Waals surface area contributed by atoms with Crippen LogP contribution in [-0.2, 0) is 9.59 Å². The van der Waals surface area contributed by atoms with E-state index < -0.39 is 75.5 Å². The molecule has 0 saturated heterocycles. The van der Waals surface area contributed by atoms with Gasteiger partial charge in [0.15, 0.2) is 11.4 Å². The van der Waals surface area contributed by atoms with Gasteiger partial charge < -0.3 is 31.3 Å². The number of carbonyl (C=O) groups excluding carboxylic acids is 3. The molecule has 5 atom stereocenters. The fourth-order valence-corrected chi connectivity index (χ4v) is 5.22. The summed E-state index contributed by atoms with van der Waals surface area (Å²) in [4.78, 5) is 39.7. The molecule has 0 bridgehead atoms. The molecule has 0 aliphatic heterocycles. The number of amides is 1. The molecular weight excluding hydrogens is 420 g/mol. The van der Waals surface area contributed by atoms with Crippen molar-refractivity contribution in [3.8, 4) is 5.75 Å². The largest absolute Gasteiger partial charge is 0.510 e. The Balaban J connectivity index is 2.07. The number of nitrogens with two attached hydrogens (primary N) is 1. The Bertz CT molecular complexity index is 1180. The molecule has 32 heavy (non-hydrogen) atoms. The molecule has 10 nitrogen and oxygen atoms in total. The number of Topliss-reactive ketones (excluding diaryl/α,β-unsaturated/α-hetero) is 2. The minimum absolute atomic E-state index is 0.167. The maximum Gasteiger partial charge on any atom is 0.255 e. The summed E-state index contributed by atoms with van der Waals surface area (Å²) < 4.78 is 0. The number of hydrogen-bond acceptors (Lipinski definition) is 9. The van der Waals surface area contributed by atoms with E-state index in [1.165, 1.54) is 37.2 Å². The molecule has 0 radical (unpaired) electrons. The van der Waals surface area contributed by atoms with Crippen molar-refractivity contribution in [2.75, 3.05) is 14.1 Å². The number of rotatable bonds is 2. The smallest absolute Gasteiger partial charge is 0.255 e. The highest BCUT2D eigenvalue weighted by Gasteiger charge is 2.67. The fourth-order valence-electron chi connectivity index (χ4n) is 5.22. The summed E-state index contributed by atoms with van der Waals surface area (Å²) >= 11 is 0. The molecule has 168 valence electrons. The number of hydrogen-bond donors (Lipinski definition) is 6. The summed E-state index contributed by atoms with van der Waals surface area (Å²) in [6.45, 7) is 3.91. The number of ketones is 2. The Hall–Kier alpha value is -3.47. The predicted octanol–water partition coefficient (Wildman–Crippen LogP) is -0.438. The summed E-state index contributed by atoms with van der Waals surface area (Å²) in [6.07, 6.45) is -1.69. The van der Waals surface area contributed by atoms with Crippen LogP contribution in [-0.4, -0.2) is 79.7 Å². The van der Waals surface area contributed by atoms with Gasteiger partial charge in [0.2, 0.25) is 5.78 Å². The summed E-state index contributed by atoms with van der Waals surface area (Å²) in [5.41, 5.74) is 1.06. The van der Waals surface area contributed by atoms with Crippen LogP contribution in [0.2, 0.25) is 0 Å². The lowest BCUT2D eigenvalue weighted by molar-refractivity contribution is -0.159. The summed E-state index contributed by atoms with van der Waals surface area (Å²) in [5, 5.41) is 54.8. The van der Waals surface area contributed by atoms with Crippen LogP contribution >= 0.6 is 0 Å². The number of primary amides is 1. The van der Waals surface area contributed by atoms with Crippen molar-refractivity contribution in [3.63, 3.8) is 0 Å². The number of aliphatic hydroxyl groups is 4. The lowest BCUT2D eigenvalue weighted by Crippen LogP contribution is -2.68. The molecule has 10 heteroatoms. The molecule has 0 heterocycles. The second-order valence-electron chi connectivity index (χ2n) is 8.44. The van der Waals surface area contributed by atoms with Gasteiger partial charge in [0.25, 0.3) is 5.91 Å². The van der Waals surface area contributed by atoms with E-state index in [4.69, 9.17) is 5.73 Å². The SMILES string of the molecule is C=C1c2cccc(O)c2C(=O)C2=C(O)[C@]3(O)C(=O)C(C(N)=O)=C(O)[C@H](N(C)C)[C@@H]3[C@@H](O)[C@H]12. The van der Waals surface area contributed by atoms with Crippen molar-refractivity contribution in [2.45, 2.75) is 17.7 Å². The number of nitrogens with zero attached hydrogens (tertiary/aromatic N) is 1. The Kier molecular flexibility index (Phi) is 4.60. The van der Waals surface area contributed by atoms with Gasteiger partial charge in [0, 0.05) is 5.92 Å². The molecule has 1 aromatic carbocycles. The highest BCUT2D eigenvalue weighted by atomic mass is 16.4. The van der Waals surface area contributed by atoms with Gasteiger partial charge in [-0.3, -0.25) is 19.3 Å². The van der Waals surface area contributed by atoms with Gasteiger partial charge >= 0.3 is 0 Å². The first-order valence-corrected chi connectivity index (χ1v) is 9.71.